The van der Waals surface area contributed by atoms with Gasteiger partial charge in [0, 0.05) is 21.7 Å². The average Bonchev–Trinajstić information content (AvgIpc) is 1.50. The van der Waals surface area contributed by atoms with Gasteiger partial charge < -0.3 is 0 Å². The normalized spacial score (nSPS) is 14.7. The first-order valence-electron chi connectivity index (χ1n) is 59.2. The molecule has 0 aromatic heterocycles. The average molecular weight is 1870 g/mol. The van der Waals surface area contributed by atoms with Crippen LogP contribution in [0.2, 0.25) is 0 Å². The lowest BCUT2D eigenvalue weighted by Crippen LogP contribution is -2.26. The van der Waals surface area contributed by atoms with Gasteiger partial charge in [0.05, 0.1) is 5.41 Å². The fourth-order valence-electron chi connectivity index (χ4n) is 28.8. The summed E-state index contributed by atoms with van der Waals surface area (Å²) in [5.74, 6) is 0. The van der Waals surface area contributed by atoms with Crippen molar-refractivity contribution in [2.75, 3.05) is 0 Å². The molecule has 0 heteroatoms. The lowest BCUT2D eigenvalue weighted by atomic mass is 9.68. The van der Waals surface area contributed by atoms with Gasteiger partial charge in [0.1, 0.15) is 0 Å². The first-order chi connectivity index (χ1) is 69.6. The maximum absolute atomic E-state index is 2.79. The Morgan fingerprint density at radius 3 is 0.411 bits per heavy atom. The summed E-state index contributed by atoms with van der Waals surface area (Å²) in [6.45, 7) is 19.0. The number of rotatable bonds is 60. The van der Waals surface area contributed by atoms with Crippen LogP contribution in [-0.4, -0.2) is 0 Å². The van der Waals surface area contributed by atoms with Gasteiger partial charge in [-0.15, -0.1) is 0 Å². The van der Waals surface area contributed by atoms with Crippen molar-refractivity contribution in [1.82, 2.24) is 0 Å². The standard InChI is InChI=1S/C141H176/c1-9-17-25-33-41-57-89-137(90-58-42-34-26-18-10-2)125-69-53-49-65-113(125)117-81-73-105(97-129(117)137)109-77-85-121-122-86-78-110(106-74-82-118-114-66-50-54-70-126(114)138(130(118)98-106,91-59-43-35-27-19-11-3)92-60-44-36-28-20-12-4)102-134(122)141(133(121)101-109)135-103-111(107-75-83-119-115-67-51-55-71-127(115)139(131(119)99-107,93-61-45-37-29-21-13-5)94-62-46-38-30-22-14-6)79-87-123(135)124-88-80-112(104-136(124)141)108-76-84-120-116-68-52-56-72-128(116)140(132(120)100-108,95-63-47-39-31-23-15-7)96-64-48-40-32-24-16-8/h49-56,65-88,97-104H,9-48,57-64,89-96H2,1-8H3. The summed E-state index contributed by atoms with van der Waals surface area (Å²) in [5, 5.41) is 0. The predicted octanol–water partition coefficient (Wildman–Crippen LogP) is 43.8. The van der Waals surface area contributed by atoms with Crippen molar-refractivity contribution in [2.45, 2.75) is 442 Å². The van der Waals surface area contributed by atoms with Gasteiger partial charge in [-0.05, 0) is 278 Å². The number of hydrogen-bond donors (Lipinski definition) is 0. The van der Waals surface area contributed by atoms with Crippen LogP contribution in [0.3, 0.4) is 0 Å². The van der Waals surface area contributed by atoms with Crippen molar-refractivity contribution in [3.8, 4) is 111 Å². The molecule has 740 valence electrons. The Bertz CT molecular complexity index is 5310. The van der Waals surface area contributed by atoms with E-state index in [2.05, 4.69) is 298 Å². The minimum Gasteiger partial charge on any atom is -0.0654 e. The highest BCUT2D eigenvalue weighted by molar-refractivity contribution is 6.00. The maximum atomic E-state index is 2.79. The fourth-order valence-corrected chi connectivity index (χ4v) is 28.8. The molecule has 141 heavy (non-hydrogen) atoms. The summed E-state index contributed by atoms with van der Waals surface area (Å²) in [5.41, 5.74) is 45.4. The van der Waals surface area contributed by atoms with E-state index in [1.807, 2.05) is 0 Å². The molecular formula is C141H176. The first kappa shape index (κ1) is 102. The summed E-state index contributed by atoms with van der Waals surface area (Å²) in [7, 11) is 0. The molecule has 0 heterocycles. The van der Waals surface area contributed by atoms with E-state index in [9.17, 15) is 0 Å². The molecule has 0 fully saturated rings. The Balaban J connectivity index is 0.859. The van der Waals surface area contributed by atoms with Crippen molar-refractivity contribution in [2.24, 2.45) is 0 Å². The molecule has 12 aromatic rings. The monoisotopic (exact) mass is 1870 g/mol. The van der Waals surface area contributed by atoms with Crippen molar-refractivity contribution in [3.63, 3.8) is 0 Å². The van der Waals surface area contributed by atoms with Crippen LogP contribution in [0.1, 0.15) is 482 Å². The highest BCUT2D eigenvalue weighted by Crippen LogP contribution is 2.67. The van der Waals surface area contributed by atoms with Crippen LogP contribution in [0.5, 0.6) is 0 Å². The second kappa shape index (κ2) is 48.6. The molecule has 0 aliphatic heterocycles. The quantitative estimate of drug-likeness (QED) is 0.0333. The van der Waals surface area contributed by atoms with Crippen molar-refractivity contribution in [1.29, 1.82) is 0 Å². The third-order valence-electron chi connectivity index (χ3n) is 36.3. The van der Waals surface area contributed by atoms with E-state index in [-0.39, 0.29) is 21.7 Å². The smallest absolute Gasteiger partial charge is 0.0654 e. The van der Waals surface area contributed by atoms with Gasteiger partial charge in [-0.2, -0.15) is 0 Å². The van der Waals surface area contributed by atoms with Crippen LogP contribution >= 0.6 is 0 Å². The van der Waals surface area contributed by atoms with Crippen LogP contribution in [-0.2, 0) is 27.1 Å². The predicted molar refractivity (Wildman–Crippen MR) is 613 cm³/mol. The molecule has 0 N–H and O–H groups in total. The van der Waals surface area contributed by atoms with Crippen LogP contribution in [0.4, 0.5) is 0 Å². The Morgan fingerprint density at radius 1 is 0.121 bits per heavy atom. The molecule has 0 unspecified atom stereocenters. The molecule has 0 atom stereocenters. The molecule has 1 spiro atoms. The van der Waals surface area contributed by atoms with Crippen LogP contribution in [0, 0.1) is 0 Å². The molecule has 0 radical (unpaired) electrons. The zero-order valence-corrected chi connectivity index (χ0v) is 89.2. The highest BCUT2D eigenvalue weighted by Gasteiger charge is 2.54. The fraction of sp³-hybridized carbons (Fsp3) is 0.489. The zero-order chi connectivity index (χ0) is 96.9. The van der Waals surface area contributed by atoms with E-state index in [4.69, 9.17) is 0 Å². The number of unbranched alkanes of at least 4 members (excludes halogenated alkanes) is 40. The van der Waals surface area contributed by atoms with E-state index in [0.717, 1.165) is 0 Å². The number of fused-ring (bicyclic) bond motifs is 22. The molecule has 0 saturated heterocycles. The van der Waals surface area contributed by atoms with Crippen LogP contribution in [0.25, 0.3) is 111 Å². The minimum atomic E-state index is -0.732. The highest BCUT2D eigenvalue weighted by atomic mass is 14.6. The summed E-state index contributed by atoms with van der Waals surface area (Å²) in [6.07, 6.45) is 72.4. The second-order valence-corrected chi connectivity index (χ2v) is 45.5. The van der Waals surface area contributed by atoms with E-state index in [0.29, 0.717) is 0 Å². The Labute approximate surface area is 856 Å². The lowest BCUT2D eigenvalue weighted by molar-refractivity contribution is 0.398. The Morgan fingerprint density at radius 2 is 0.248 bits per heavy atom. The molecule has 0 nitrogen and oxygen atoms in total. The van der Waals surface area contributed by atoms with Crippen LogP contribution < -0.4 is 0 Å². The molecule has 0 bridgehead atoms. The molecule has 6 aliphatic carbocycles. The van der Waals surface area contributed by atoms with Gasteiger partial charge >= 0.3 is 0 Å². The summed E-state index contributed by atoms with van der Waals surface area (Å²) in [6, 6.07) is 103. The van der Waals surface area contributed by atoms with E-state index in [1.54, 1.807) is 44.5 Å². The van der Waals surface area contributed by atoms with Crippen molar-refractivity contribution >= 4 is 0 Å². The van der Waals surface area contributed by atoms with Gasteiger partial charge in [-0.25, -0.2) is 0 Å². The summed E-state index contributed by atoms with van der Waals surface area (Å²) < 4.78 is 0. The molecular weight excluding hydrogens is 1690 g/mol. The lowest BCUT2D eigenvalue weighted by Gasteiger charge is -2.34. The van der Waals surface area contributed by atoms with Gasteiger partial charge in [0.2, 0.25) is 0 Å². The van der Waals surface area contributed by atoms with Crippen molar-refractivity contribution in [3.05, 3.63) is 309 Å². The maximum Gasteiger partial charge on any atom is 0.0726 e. The Hall–Kier alpha value is -9.36. The summed E-state index contributed by atoms with van der Waals surface area (Å²) >= 11 is 0. The molecule has 0 saturated carbocycles. The molecule has 18 rings (SSSR count). The van der Waals surface area contributed by atoms with E-state index in [1.165, 1.54) is 493 Å². The first-order valence-corrected chi connectivity index (χ1v) is 59.2. The molecule has 6 aliphatic rings. The third-order valence-corrected chi connectivity index (χ3v) is 36.3. The molecule has 0 amide bonds. The van der Waals surface area contributed by atoms with Gasteiger partial charge in [0.15, 0.2) is 0 Å². The van der Waals surface area contributed by atoms with Crippen molar-refractivity contribution < 1.29 is 0 Å². The van der Waals surface area contributed by atoms with Gasteiger partial charge in [-0.1, -0.05) is 558 Å². The van der Waals surface area contributed by atoms with E-state index < -0.39 is 5.41 Å². The van der Waals surface area contributed by atoms with Gasteiger partial charge in [0.25, 0.3) is 0 Å². The zero-order valence-electron chi connectivity index (χ0n) is 89.2. The SMILES string of the molecule is CCCCCCCCC1(CCCCCCCC)c2ccccc2-c2ccc(-c3ccc4c(c3)C3(c5cc(-c6ccc7c(c6)C(CCCCCCCC)(CCCCCCCC)c6ccccc6-7)ccc5-4)c4cc(-c5ccc6c(c5)C(CCCCCCCC)(CCCCCCCC)c5ccccc5-6)ccc4-c4ccc(-c5ccc6c(c5)C(CCCCCCCC)(CCCCCCCC)c5ccccc5-6)cc43)cc21. The van der Waals surface area contributed by atoms with E-state index >= 15 is 0 Å². The van der Waals surface area contributed by atoms with Gasteiger partial charge in [-0.3, -0.25) is 0 Å². The third kappa shape index (κ3) is 20.8. The second-order valence-electron chi connectivity index (χ2n) is 45.5. The Kier molecular flexibility index (Phi) is 35.0. The summed E-state index contributed by atoms with van der Waals surface area (Å²) in [4.78, 5) is 0. The number of hydrogen-bond acceptors (Lipinski definition) is 0. The topological polar surface area (TPSA) is 0 Å². The largest absolute Gasteiger partial charge is 0.0726 e. The minimum absolute atomic E-state index is 0.0499. The number of benzene rings is 12. The molecule has 12 aromatic carbocycles. The van der Waals surface area contributed by atoms with Crippen LogP contribution in [0.15, 0.2) is 243 Å².